The van der Waals surface area contributed by atoms with E-state index in [1.165, 1.54) is 0 Å². The molecule has 0 fully saturated rings. The maximum Gasteiger partial charge on any atom is 0.269 e. The van der Waals surface area contributed by atoms with E-state index in [-0.39, 0.29) is 5.91 Å². The number of rotatable bonds is 3. The zero-order valence-electron chi connectivity index (χ0n) is 11.4. The van der Waals surface area contributed by atoms with Crippen molar-refractivity contribution in [2.75, 3.05) is 5.32 Å². The Morgan fingerprint density at radius 3 is 2.39 bits per heavy atom. The SMILES string of the molecule is O=C(Nc1cc(Cl)cc(Cl)c1)c1snnc1-c1ccc(Br)cc1. The van der Waals surface area contributed by atoms with Gasteiger partial charge < -0.3 is 5.32 Å². The van der Waals surface area contributed by atoms with Crippen molar-refractivity contribution in [3.05, 3.63) is 61.9 Å². The molecule has 4 nitrogen and oxygen atoms in total. The van der Waals surface area contributed by atoms with Gasteiger partial charge in [-0.3, -0.25) is 4.79 Å². The predicted molar refractivity (Wildman–Crippen MR) is 97.5 cm³/mol. The van der Waals surface area contributed by atoms with Gasteiger partial charge in [0.05, 0.1) is 0 Å². The zero-order chi connectivity index (χ0) is 16.4. The minimum Gasteiger partial charge on any atom is -0.321 e. The molecule has 1 amide bonds. The molecule has 0 radical (unpaired) electrons. The second-order valence-electron chi connectivity index (χ2n) is 4.57. The molecule has 0 aliphatic heterocycles. The summed E-state index contributed by atoms with van der Waals surface area (Å²) in [5, 5.41) is 7.71. The summed E-state index contributed by atoms with van der Waals surface area (Å²) in [6, 6.07) is 12.3. The van der Waals surface area contributed by atoms with Gasteiger partial charge in [0.2, 0.25) is 0 Å². The Hall–Kier alpha value is -1.47. The van der Waals surface area contributed by atoms with Crippen molar-refractivity contribution in [2.24, 2.45) is 0 Å². The lowest BCUT2D eigenvalue weighted by Crippen LogP contribution is -2.11. The Labute approximate surface area is 154 Å². The van der Waals surface area contributed by atoms with Crippen molar-refractivity contribution < 1.29 is 4.79 Å². The lowest BCUT2D eigenvalue weighted by atomic mass is 10.1. The molecule has 1 aromatic heterocycles. The number of amides is 1. The minimum atomic E-state index is -0.309. The highest BCUT2D eigenvalue weighted by molar-refractivity contribution is 9.10. The number of aromatic nitrogens is 2. The summed E-state index contributed by atoms with van der Waals surface area (Å²) in [6.45, 7) is 0. The van der Waals surface area contributed by atoms with E-state index in [0.717, 1.165) is 21.6 Å². The highest BCUT2D eigenvalue weighted by Gasteiger charge is 2.18. The van der Waals surface area contributed by atoms with Gasteiger partial charge >= 0.3 is 0 Å². The first kappa shape index (κ1) is 16.4. The molecule has 116 valence electrons. The minimum absolute atomic E-state index is 0.309. The Balaban J connectivity index is 1.89. The lowest BCUT2D eigenvalue weighted by Gasteiger charge is -2.06. The largest absolute Gasteiger partial charge is 0.321 e. The second kappa shape index (κ2) is 6.97. The third kappa shape index (κ3) is 3.90. The molecule has 8 heteroatoms. The molecular weight excluding hydrogens is 421 g/mol. The molecule has 1 heterocycles. The van der Waals surface area contributed by atoms with Crippen LogP contribution in [0.3, 0.4) is 0 Å². The molecule has 23 heavy (non-hydrogen) atoms. The number of hydrogen-bond acceptors (Lipinski definition) is 4. The number of hydrogen-bond donors (Lipinski definition) is 1. The maximum absolute atomic E-state index is 12.5. The fourth-order valence-electron chi connectivity index (χ4n) is 1.95. The van der Waals surface area contributed by atoms with Gasteiger partial charge in [0.25, 0.3) is 5.91 Å². The molecule has 1 N–H and O–H groups in total. The average Bonchev–Trinajstić information content (AvgIpc) is 2.96. The summed E-state index contributed by atoms with van der Waals surface area (Å²) < 4.78 is 4.83. The first-order valence-electron chi connectivity index (χ1n) is 6.38. The van der Waals surface area contributed by atoms with Crippen LogP contribution in [-0.2, 0) is 0 Å². The molecule has 0 bridgehead atoms. The molecule has 0 atom stereocenters. The molecular formula is C15H8BrCl2N3OS. The highest BCUT2D eigenvalue weighted by atomic mass is 79.9. The summed E-state index contributed by atoms with van der Waals surface area (Å²) in [5.41, 5.74) is 1.87. The third-order valence-corrected chi connectivity index (χ3v) is 4.62. The van der Waals surface area contributed by atoms with Crippen molar-refractivity contribution in [3.8, 4) is 11.3 Å². The molecule has 0 saturated heterocycles. The summed E-state index contributed by atoms with van der Waals surface area (Å²) >= 11 is 16.3. The van der Waals surface area contributed by atoms with Crippen LogP contribution >= 0.6 is 50.7 Å². The van der Waals surface area contributed by atoms with E-state index in [9.17, 15) is 4.79 Å². The molecule has 3 aromatic rings. The molecule has 0 aliphatic carbocycles. The number of anilines is 1. The standard InChI is InChI=1S/C15H8BrCl2N3OS/c16-9-3-1-8(2-4-9)13-14(23-21-20-13)15(22)19-12-6-10(17)5-11(18)7-12/h1-7H,(H,19,22). The van der Waals surface area contributed by atoms with E-state index in [1.807, 2.05) is 24.3 Å². The van der Waals surface area contributed by atoms with Crippen molar-refractivity contribution >= 4 is 62.3 Å². The summed E-state index contributed by atoms with van der Waals surface area (Å²) in [6.07, 6.45) is 0. The average molecular weight is 429 g/mol. The highest BCUT2D eigenvalue weighted by Crippen LogP contribution is 2.27. The van der Waals surface area contributed by atoms with Crippen LogP contribution in [0.2, 0.25) is 10.0 Å². The second-order valence-corrected chi connectivity index (χ2v) is 7.11. The van der Waals surface area contributed by atoms with Gasteiger partial charge in [-0.05, 0) is 41.9 Å². The summed E-state index contributed by atoms with van der Waals surface area (Å²) in [7, 11) is 0. The predicted octanol–water partition coefficient (Wildman–Crippen LogP) is 5.53. The van der Waals surface area contributed by atoms with Crippen LogP contribution in [0.1, 0.15) is 9.67 Å². The quantitative estimate of drug-likeness (QED) is 0.596. The third-order valence-electron chi connectivity index (χ3n) is 2.93. The van der Waals surface area contributed by atoms with E-state index in [1.54, 1.807) is 18.2 Å². The molecule has 2 aromatic carbocycles. The van der Waals surface area contributed by atoms with E-state index in [2.05, 4.69) is 30.8 Å². The fourth-order valence-corrected chi connectivity index (χ4v) is 3.32. The van der Waals surface area contributed by atoms with Crippen LogP contribution in [0.5, 0.6) is 0 Å². The molecule has 3 rings (SSSR count). The van der Waals surface area contributed by atoms with Crippen molar-refractivity contribution in [2.45, 2.75) is 0 Å². The summed E-state index contributed by atoms with van der Waals surface area (Å²) in [4.78, 5) is 12.9. The maximum atomic E-state index is 12.5. The van der Waals surface area contributed by atoms with E-state index < -0.39 is 0 Å². The topological polar surface area (TPSA) is 54.9 Å². The number of carbonyl (C=O) groups excluding carboxylic acids is 1. The first-order chi connectivity index (χ1) is 11.0. The monoisotopic (exact) mass is 427 g/mol. The van der Waals surface area contributed by atoms with Gasteiger partial charge in [0, 0.05) is 25.8 Å². The van der Waals surface area contributed by atoms with Gasteiger partial charge in [-0.15, -0.1) is 5.10 Å². The Morgan fingerprint density at radius 1 is 1.09 bits per heavy atom. The van der Waals surface area contributed by atoms with Crippen molar-refractivity contribution in [3.63, 3.8) is 0 Å². The Bertz CT molecular complexity index is 847. The van der Waals surface area contributed by atoms with Crippen LogP contribution in [0.25, 0.3) is 11.3 Å². The van der Waals surface area contributed by atoms with Crippen LogP contribution in [-0.4, -0.2) is 15.5 Å². The number of carbonyl (C=O) groups is 1. The van der Waals surface area contributed by atoms with Gasteiger partial charge in [-0.25, -0.2) is 0 Å². The number of nitrogens with one attached hydrogen (secondary N) is 1. The fraction of sp³-hybridized carbons (Fsp3) is 0. The van der Waals surface area contributed by atoms with Crippen molar-refractivity contribution in [1.29, 1.82) is 0 Å². The van der Waals surface area contributed by atoms with Crippen molar-refractivity contribution in [1.82, 2.24) is 9.59 Å². The lowest BCUT2D eigenvalue weighted by molar-refractivity contribution is 0.103. The molecule has 0 aliphatic rings. The van der Waals surface area contributed by atoms with E-state index in [4.69, 9.17) is 23.2 Å². The van der Waals surface area contributed by atoms with Crippen LogP contribution in [0.4, 0.5) is 5.69 Å². The zero-order valence-corrected chi connectivity index (χ0v) is 15.3. The van der Waals surface area contributed by atoms with Gasteiger partial charge in [0.15, 0.2) is 0 Å². The molecule has 0 saturated carbocycles. The Kier molecular flexibility index (Phi) is 4.96. The van der Waals surface area contributed by atoms with E-state index in [0.29, 0.717) is 26.3 Å². The number of benzene rings is 2. The number of nitrogens with zero attached hydrogens (tertiary/aromatic N) is 2. The van der Waals surface area contributed by atoms with Crippen LogP contribution < -0.4 is 5.32 Å². The number of halogens is 3. The van der Waals surface area contributed by atoms with Gasteiger partial charge in [-0.1, -0.05) is 55.8 Å². The van der Waals surface area contributed by atoms with E-state index >= 15 is 0 Å². The normalized spacial score (nSPS) is 10.6. The smallest absolute Gasteiger partial charge is 0.269 e. The first-order valence-corrected chi connectivity index (χ1v) is 8.71. The van der Waals surface area contributed by atoms with Gasteiger partial charge in [-0.2, -0.15) is 0 Å². The summed E-state index contributed by atoms with van der Waals surface area (Å²) in [5.74, 6) is -0.309. The van der Waals surface area contributed by atoms with Gasteiger partial charge in [0.1, 0.15) is 10.6 Å². The van der Waals surface area contributed by atoms with Crippen LogP contribution in [0, 0.1) is 0 Å². The Morgan fingerprint density at radius 2 is 1.74 bits per heavy atom. The molecule has 0 unspecified atom stereocenters. The van der Waals surface area contributed by atoms with Crippen LogP contribution in [0.15, 0.2) is 46.9 Å². The molecule has 0 spiro atoms.